The quantitative estimate of drug-likeness (QED) is 0.876. The number of rotatable bonds is 4. The molecule has 0 amide bonds. The van der Waals surface area contributed by atoms with Gasteiger partial charge in [0, 0.05) is 19.5 Å². The minimum absolute atomic E-state index is 0.318. The second-order valence-corrected chi connectivity index (χ2v) is 3.72. The third-order valence-corrected chi connectivity index (χ3v) is 2.50. The molecule has 90 valence electrons. The van der Waals surface area contributed by atoms with Crippen LogP contribution in [0.3, 0.4) is 0 Å². The predicted octanol–water partition coefficient (Wildman–Crippen LogP) is 1.66. The Hall–Kier alpha value is -1.72. The van der Waals surface area contributed by atoms with Gasteiger partial charge in [-0.1, -0.05) is 6.07 Å². The highest BCUT2D eigenvalue weighted by atomic mass is 19.1. The number of benzene rings is 1. The summed E-state index contributed by atoms with van der Waals surface area (Å²) in [5.74, 6) is -0.349. The van der Waals surface area contributed by atoms with Gasteiger partial charge in [-0.2, -0.15) is 5.10 Å². The van der Waals surface area contributed by atoms with Crippen LogP contribution in [0.4, 0.5) is 4.39 Å². The molecule has 0 spiro atoms. The molecule has 0 fully saturated rings. The van der Waals surface area contributed by atoms with E-state index in [0.717, 1.165) is 0 Å². The molecule has 0 unspecified atom stereocenters. The molecule has 5 heteroatoms. The van der Waals surface area contributed by atoms with Crippen molar-refractivity contribution in [3.8, 4) is 5.69 Å². The Bertz CT molecular complexity index is 485. The third-order valence-electron chi connectivity index (χ3n) is 2.50. The molecule has 1 atom stereocenters. The number of halogens is 1. The van der Waals surface area contributed by atoms with E-state index in [1.54, 1.807) is 37.7 Å². The van der Waals surface area contributed by atoms with Crippen molar-refractivity contribution in [1.82, 2.24) is 9.78 Å². The Morgan fingerprint density at radius 1 is 1.53 bits per heavy atom. The molecule has 17 heavy (non-hydrogen) atoms. The zero-order chi connectivity index (χ0) is 12.3. The van der Waals surface area contributed by atoms with Gasteiger partial charge in [-0.25, -0.2) is 9.07 Å². The molecule has 0 aliphatic carbocycles. The van der Waals surface area contributed by atoms with Crippen molar-refractivity contribution in [1.29, 1.82) is 0 Å². The molecule has 0 bridgehead atoms. The zero-order valence-corrected chi connectivity index (χ0v) is 9.51. The SMILES string of the molecule is COC[C@H](N)c1ccc(-n2cccn2)c(F)c1. The standard InChI is InChI=1S/C12H14FN3O/c1-17-8-11(14)9-3-4-12(10(13)7-9)16-6-2-5-15-16/h2-7,11H,8,14H2,1H3/t11-/m0/s1. The molecule has 0 aliphatic rings. The molecule has 4 nitrogen and oxygen atoms in total. The molecular formula is C12H14FN3O. The lowest BCUT2D eigenvalue weighted by Gasteiger charge is -2.12. The van der Waals surface area contributed by atoms with Crippen molar-refractivity contribution in [2.45, 2.75) is 6.04 Å². The van der Waals surface area contributed by atoms with Crippen LogP contribution in [0.25, 0.3) is 5.69 Å². The summed E-state index contributed by atoms with van der Waals surface area (Å²) in [6.07, 6.45) is 3.29. The predicted molar refractivity (Wildman–Crippen MR) is 62.3 cm³/mol. The first-order valence-corrected chi connectivity index (χ1v) is 5.26. The number of hydrogen-bond donors (Lipinski definition) is 1. The number of hydrogen-bond acceptors (Lipinski definition) is 3. The molecule has 0 aliphatic heterocycles. The minimum Gasteiger partial charge on any atom is -0.383 e. The second-order valence-electron chi connectivity index (χ2n) is 3.72. The molecule has 0 radical (unpaired) electrons. The average molecular weight is 235 g/mol. The van der Waals surface area contributed by atoms with E-state index in [2.05, 4.69) is 5.10 Å². The summed E-state index contributed by atoms with van der Waals surface area (Å²) in [4.78, 5) is 0. The number of methoxy groups -OCH3 is 1. The first-order valence-electron chi connectivity index (χ1n) is 5.26. The maximum atomic E-state index is 13.9. The third kappa shape index (κ3) is 2.51. The molecule has 1 aromatic carbocycles. The number of aromatic nitrogens is 2. The van der Waals surface area contributed by atoms with Crippen molar-refractivity contribution in [2.75, 3.05) is 13.7 Å². The van der Waals surface area contributed by atoms with Gasteiger partial charge in [-0.05, 0) is 23.8 Å². The smallest absolute Gasteiger partial charge is 0.149 e. The molecule has 2 aromatic rings. The fourth-order valence-electron chi connectivity index (χ4n) is 1.63. The Labute approximate surface area is 98.8 Å². The highest BCUT2D eigenvalue weighted by molar-refractivity contribution is 5.36. The molecule has 2 rings (SSSR count). The fraction of sp³-hybridized carbons (Fsp3) is 0.250. The van der Waals surface area contributed by atoms with E-state index in [-0.39, 0.29) is 11.9 Å². The fourth-order valence-corrected chi connectivity index (χ4v) is 1.63. The molecule has 0 saturated carbocycles. The Morgan fingerprint density at radius 2 is 2.35 bits per heavy atom. The van der Waals surface area contributed by atoms with E-state index in [0.29, 0.717) is 17.9 Å². The number of nitrogens with two attached hydrogens (primary N) is 1. The number of nitrogens with zero attached hydrogens (tertiary/aromatic N) is 2. The van der Waals surface area contributed by atoms with Crippen LogP contribution in [-0.4, -0.2) is 23.5 Å². The van der Waals surface area contributed by atoms with Gasteiger partial charge in [0.1, 0.15) is 11.5 Å². The Balaban J connectivity index is 2.29. The lowest BCUT2D eigenvalue weighted by Crippen LogP contribution is -2.16. The first kappa shape index (κ1) is 11.8. The van der Waals surface area contributed by atoms with Crippen molar-refractivity contribution in [3.05, 3.63) is 48.0 Å². The van der Waals surface area contributed by atoms with Gasteiger partial charge in [-0.15, -0.1) is 0 Å². The maximum absolute atomic E-state index is 13.9. The van der Waals surface area contributed by atoms with Crippen molar-refractivity contribution >= 4 is 0 Å². The molecule has 0 saturated heterocycles. The van der Waals surface area contributed by atoms with Gasteiger partial charge in [0.15, 0.2) is 0 Å². The number of ether oxygens (including phenoxy) is 1. The Kier molecular flexibility index (Phi) is 3.51. The van der Waals surface area contributed by atoms with Crippen LogP contribution < -0.4 is 5.73 Å². The van der Waals surface area contributed by atoms with Crippen LogP contribution in [0, 0.1) is 5.82 Å². The van der Waals surface area contributed by atoms with Gasteiger partial charge in [0.25, 0.3) is 0 Å². The van der Waals surface area contributed by atoms with Crippen LogP contribution in [-0.2, 0) is 4.74 Å². The van der Waals surface area contributed by atoms with Crippen LogP contribution in [0.5, 0.6) is 0 Å². The summed E-state index contributed by atoms with van der Waals surface area (Å²) in [6, 6.07) is 6.28. The summed E-state index contributed by atoms with van der Waals surface area (Å²) in [6.45, 7) is 0.362. The summed E-state index contributed by atoms with van der Waals surface area (Å²) < 4.78 is 20.3. The minimum atomic E-state index is -0.349. The van der Waals surface area contributed by atoms with E-state index in [1.807, 2.05) is 0 Å². The topological polar surface area (TPSA) is 53.1 Å². The largest absolute Gasteiger partial charge is 0.383 e. The van der Waals surface area contributed by atoms with Crippen molar-refractivity contribution in [2.24, 2.45) is 5.73 Å². The second kappa shape index (κ2) is 5.07. The summed E-state index contributed by atoms with van der Waals surface area (Å²) >= 11 is 0. The highest BCUT2D eigenvalue weighted by Gasteiger charge is 2.10. The first-order chi connectivity index (χ1) is 8.22. The molecule has 1 heterocycles. The van der Waals surface area contributed by atoms with E-state index in [1.165, 1.54) is 10.7 Å². The van der Waals surface area contributed by atoms with Crippen molar-refractivity contribution in [3.63, 3.8) is 0 Å². The molecular weight excluding hydrogens is 221 g/mol. The van der Waals surface area contributed by atoms with E-state index < -0.39 is 0 Å². The lowest BCUT2D eigenvalue weighted by atomic mass is 10.1. The molecule has 2 N–H and O–H groups in total. The lowest BCUT2D eigenvalue weighted by molar-refractivity contribution is 0.181. The van der Waals surface area contributed by atoms with Crippen LogP contribution in [0.1, 0.15) is 11.6 Å². The van der Waals surface area contributed by atoms with Gasteiger partial charge in [0.2, 0.25) is 0 Å². The highest BCUT2D eigenvalue weighted by Crippen LogP contribution is 2.18. The van der Waals surface area contributed by atoms with Gasteiger partial charge < -0.3 is 10.5 Å². The summed E-state index contributed by atoms with van der Waals surface area (Å²) in [5.41, 5.74) is 6.94. The van der Waals surface area contributed by atoms with Crippen LogP contribution in [0.15, 0.2) is 36.7 Å². The van der Waals surface area contributed by atoms with Gasteiger partial charge in [-0.3, -0.25) is 0 Å². The van der Waals surface area contributed by atoms with Gasteiger partial charge in [0.05, 0.1) is 12.6 Å². The van der Waals surface area contributed by atoms with E-state index >= 15 is 0 Å². The molecule has 1 aromatic heterocycles. The van der Waals surface area contributed by atoms with Crippen LogP contribution >= 0.6 is 0 Å². The average Bonchev–Trinajstić information content (AvgIpc) is 2.82. The van der Waals surface area contributed by atoms with Crippen molar-refractivity contribution < 1.29 is 9.13 Å². The summed E-state index contributed by atoms with van der Waals surface area (Å²) in [5, 5.41) is 3.98. The van der Waals surface area contributed by atoms with Crippen LogP contribution in [0.2, 0.25) is 0 Å². The summed E-state index contributed by atoms with van der Waals surface area (Å²) in [7, 11) is 1.56. The van der Waals surface area contributed by atoms with Gasteiger partial charge >= 0.3 is 0 Å². The van der Waals surface area contributed by atoms with E-state index in [4.69, 9.17) is 10.5 Å². The monoisotopic (exact) mass is 235 g/mol. The van der Waals surface area contributed by atoms with E-state index in [9.17, 15) is 4.39 Å². The normalized spacial score (nSPS) is 12.6. The maximum Gasteiger partial charge on any atom is 0.149 e. The Morgan fingerprint density at radius 3 is 2.94 bits per heavy atom. The zero-order valence-electron chi connectivity index (χ0n) is 9.51.